The van der Waals surface area contributed by atoms with Gasteiger partial charge in [-0.15, -0.1) is 0 Å². The molecule has 0 N–H and O–H groups in total. The lowest BCUT2D eigenvalue weighted by Gasteiger charge is -2.13. The number of hydrogen-bond donors (Lipinski definition) is 0. The van der Waals surface area contributed by atoms with E-state index in [1.807, 2.05) is 13.0 Å². The topological polar surface area (TPSA) is 63.7 Å². The molecule has 0 aliphatic carbocycles. The van der Waals surface area contributed by atoms with Gasteiger partial charge in [0.15, 0.2) is 0 Å². The maximum atomic E-state index is 12.3. The lowest BCUT2D eigenvalue weighted by atomic mass is 10.2. The van der Waals surface area contributed by atoms with Crippen molar-refractivity contribution < 1.29 is 17.9 Å². The van der Waals surface area contributed by atoms with Gasteiger partial charge < -0.3 is 4.74 Å². The molecule has 0 atom stereocenters. The van der Waals surface area contributed by atoms with Crippen LogP contribution in [0.1, 0.15) is 15.9 Å². The van der Waals surface area contributed by atoms with Gasteiger partial charge in [-0.05, 0) is 42.8 Å². The van der Waals surface area contributed by atoms with Gasteiger partial charge in [-0.2, -0.15) is 0 Å². The number of hydrogen-bond acceptors (Lipinski definition) is 4. The highest BCUT2D eigenvalue weighted by molar-refractivity contribution is 7.89. The van der Waals surface area contributed by atoms with E-state index in [2.05, 4.69) is 0 Å². The Balaban J connectivity index is 2.37. The Kier molecular flexibility index (Phi) is 5.09. The van der Waals surface area contributed by atoms with Crippen molar-refractivity contribution in [1.82, 2.24) is 4.31 Å². The van der Waals surface area contributed by atoms with Crippen LogP contribution in [0.4, 0.5) is 0 Å². The molecule has 0 spiro atoms. The number of sulfonamides is 1. The van der Waals surface area contributed by atoms with Crippen LogP contribution in [-0.4, -0.2) is 32.8 Å². The van der Waals surface area contributed by atoms with Crippen LogP contribution in [-0.2, 0) is 10.0 Å². The Morgan fingerprint density at radius 3 is 2.43 bits per heavy atom. The second-order valence-electron chi connectivity index (χ2n) is 5.14. The van der Waals surface area contributed by atoms with E-state index in [0.29, 0.717) is 5.75 Å². The molecular weight excluding hydrogens is 338 g/mol. The minimum Gasteiger partial charge on any atom is -0.423 e. The molecule has 5 nitrogen and oxygen atoms in total. The van der Waals surface area contributed by atoms with E-state index in [4.69, 9.17) is 16.3 Å². The number of aryl methyl sites for hydroxylation is 1. The number of halogens is 1. The van der Waals surface area contributed by atoms with Crippen LogP contribution in [0.5, 0.6) is 5.75 Å². The van der Waals surface area contributed by atoms with Crippen LogP contribution in [0, 0.1) is 6.92 Å². The van der Waals surface area contributed by atoms with Gasteiger partial charge in [-0.1, -0.05) is 23.7 Å². The monoisotopic (exact) mass is 353 g/mol. The van der Waals surface area contributed by atoms with Crippen LogP contribution in [0.2, 0.25) is 5.02 Å². The zero-order chi connectivity index (χ0) is 17.2. The molecule has 0 saturated heterocycles. The van der Waals surface area contributed by atoms with E-state index < -0.39 is 16.0 Å². The molecule has 0 saturated carbocycles. The summed E-state index contributed by atoms with van der Waals surface area (Å²) in [6, 6.07) is 10.9. The number of ether oxygens (including phenoxy) is 1. The quantitative estimate of drug-likeness (QED) is 0.625. The number of carbonyl (C=O) groups is 1. The molecule has 0 amide bonds. The van der Waals surface area contributed by atoms with Crippen molar-refractivity contribution in [3.8, 4) is 5.75 Å². The summed E-state index contributed by atoms with van der Waals surface area (Å²) in [6.45, 7) is 1.87. The van der Waals surface area contributed by atoms with Gasteiger partial charge >= 0.3 is 5.97 Å². The average molecular weight is 354 g/mol. The minimum atomic E-state index is -3.66. The third kappa shape index (κ3) is 3.90. The molecular formula is C16H16ClNO4S. The largest absolute Gasteiger partial charge is 0.423 e. The second kappa shape index (κ2) is 6.70. The molecule has 2 rings (SSSR count). The Bertz CT molecular complexity index is 847. The molecule has 2 aromatic carbocycles. The molecule has 0 aromatic heterocycles. The maximum Gasteiger partial charge on any atom is 0.345 e. The smallest absolute Gasteiger partial charge is 0.345 e. The summed E-state index contributed by atoms with van der Waals surface area (Å²) < 4.78 is 30.6. The Morgan fingerprint density at radius 1 is 1.13 bits per heavy atom. The highest BCUT2D eigenvalue weighted by atomic mass is 35.5. The summed E-state index contributed by atoms with van der Waals surface area (Å²) in [4.78, 5) is 12.3. The van der Waals surface area contributed by atoms with Gasteiger partial charge in [0.1, 0.15) is 5.75 Å². The third-order valence-corrected chi connectivity index (χ3v) is 5.28. The molecule has 0 fully saturated rings. The fourth-order valence-electron chi connectivity index (χ4n) is 1.87. The van der Waals surface area contributed by atoms with Crippen molar-refractivity contribution in [3.63, 3.8) is 0 Å². The fraction of sp³-hybridized carbons (Fsp3) is 0.188. The number of carbonyl (C=O) groups excluding carboxylic acids is 1. The zero-order valence-corrected chi connectivity index (χ0v) is 14.5. The van der Waals surface area contributed by atoms with Crippen molar-refractivity contribution >= 4 is 27.6 Å². The molecule has 0 aliphatic heterocycles. The van der Waals surface area contributed by atoms with Gasteiger partial charge in [-0.25, -0.2) is 17.5 Å². The van der Waals surface area contributed by atoms with Crippen molar-refractivity contribution in [2.24, 2.45) is 0 Å². The van der Waals surface area contributed by atoms with Crippen molar-refractivity contribution in [3.05, 3.63) is 58.6 Å². The number of benzene rings is 2. The Morgan fingerprint density at radius 2 is 1.83 bits per heavy atom. The van der Waals surface area contributed by atoms with Crippen LogP contribution >= 0.6 is 11.6 Å². The molecule has 0 aliphatic rings. The molecule has 0 radical (unpaired) electrons. The van der Waals surface area contributed by atoms with E-state index in [0.717, 1.165) is 9.87 Å². The lowest BCUT2D eigenvalue weighted by Crippen LogP contribution is -2.22. The van der Waals surface area contributed by atoms with Gasteiger partial charge in [0.2, 0.25) is 10.0 Å². The molecule has 2 aromatic rings. The Hall–Kier alpha value is -1.89. The van der Waals surface area contributed by atoms with Crippen molar-refractivity contribution in [1.29, 1.82) is 0 Å². The van der Waals surface area contributed by atoms with Crippen molar-refractivity contribution in [2.75, 3.05) is 14.1 Å². The summed E-state index contributed by atoms with van der Waals surface area (Å²) in [5.41, 5.74) is 0.932. The predicted molar refractivity (Wildman–Crippen MR) is 88.5 cm³/mol. The van der Waals surface area contributed by atoms with Crippen LogP contribution in [0.3, 0.4) is 0 Å². The summed E-state index contributed by atoms with van der Waals surface area (Å²) in [6.07, 6.45) is 0. The van der Waals surface area contributed by atoms with Crippen LogP contribution in [0.15, 0.2) is 47.4 Å². The molecule has 0 unspecified atom stereocenters. The molecule has 23 heavy (non-hydrogen) atoms. The standard InChI is InChI=1S/C16H16ClNO4S/c1-11-5-4-6-12(9-11)22-16(19)14-10-13(7-8-15(14)17)23(20,21)18(2)3/h4-10H,1-3H3. The second-order valence-corrected chi connectivity index (χ2v) is 7.69. The number of esters is 1. The average Bonchev–Trinajstić information content (AvgIpc) is 2.47. The van der Waals surface area contributed by atoms with Crippen LogP contribution in [0.25, 0.3) is 0 Å². The number of nitrogens with zero attached hydrogens (tertiary/aromatic N) is 1. The lowest BCUT2D eigenvalue weighted by molar-refractivity contribution is 0.0734. The first-order valence-corrected chi connectivity index (χ1v) is 8.54. The van der Waals surface area contributed by atoms with E-state index in [9.17, 15) is 13.2 Å². The van der Waals surface area contributed by atoms with Gasteiger partial charge in [-0.3, -0.25) is 0 Å². The van der Waals surface area contributed by atoms with Crippen molar-refractivity contribution in [2.45, 2.75) is 11.8 Å². The van der Waals surface area contributed by atoms with Crippen LogP contribution < -0.4 is 4.74 Å². The first kappa shape index (κ1) is 17.5. The minimum absolute atomic E-state index is 0.00361. The first-order valence-electron chi connectivity index (χ1n) is 6.73. The summed E-state index contributed by atoms with van der Waals surface area (Å²) >= 11 is 6.01. The number of rotatable bonds is 4. The summed E-state index contributed by atoms with van der Waals surface area (Å²) in [5, 5.41) is 0.125. The normalized spacial score (nSPS) is 11.5. The van der Waals surface area contributed by atoms with Gasteiger partial charge in [0.05, 0.1) is 15.5 Å². The third-order valence-electron chi connectivity index (χ3n) is 3.14. The zero-order valence-electron chi connectivity index (χ0n) is 12.9. The van der Waals surface area contributed by atoms with Gasteiger partial charge in [0.25, 0.3) is 0 Å². The fourth-order valence-corrected chi connectivity index (χ4v) is 3.00. The molecule has 122 valence electrons. The summed E-state index contributed by atoms with van der Waals surface area (Å²) in [5.74, 6) is -0.344. The van der Waals surface area contributed by atoms with E-state index >= 15 is 0 Å². The predicted octanol–water partition coefficient (Wildman–Crippen LogP) is 3.12. The highest BCUT2D eigenvalue weighted by Crippen LogP contribution is 2.24. The molecule has 0 bridgehead atoms. The van der Waals surface area contributed by atoms with E-state index in [-0.39, 0.29) is 15.5 Å². The highest BCUT2D eigenvalue weighted by Gasteiger charge is 2.21. The summed E-state index contributed by atoms with van der Waals surface area (Å²) in [7, 11) is -0.840. The molecule has 0 heterocycles. The SMILES string of the molecule is Cc1cccc(OC(=O)c2cc(S(=O)(=O)N(C)C)ccc2Cl)c1. The maximum absolute atomic E-state index is 12.3. The van der Waals surface area contributed by atoms with E-state index in [1.54, 1.807) is 18.2 Å². The Labute approximate surface area is 140 Å². The van der Waals surface area contributed by atoms with E-state index in [1.165, 1.54) is 32.3 Å². The molecule has 7 heteroatoms. The first-order chi connectivity index (χ1) is 10.7. The van der Waals surface area contributed by atoms with Gasteiger partial charge in [0, 0.05) is 14.1 Å².